The number of ether oxygens (including phenoxy) is 2. The molecule has 0 aromatic heterocycles. The third-order valence-corrected chi connectivity index (χ3v) is 5.11. The van der Waals surface area contributed by atoms with Crippen molar-refractivity contribution in [1.29, 1.82) is 0 Å². The van der Waals surface area contributed by atoms with E-state index in [0.29, 0.717) is 17.1 Å². The molecule has 134 valence electrons. The monoisotopic (exact) mass is 360 g/mol. The van der Waals surface area contributed by atoms with Crippen LogP contribution in [0, 0.1) is 10.1 Å². The molecule has 1 aliphatic rings. The van der Waals surface area contributed by atoms with Crippen LogP contribution in [0.3, 0.4) is 0 Å². The van der Waals surface area contributed by atoms with Crippen LogP contribution in [-0.2, 0) is 19.8 Å². The third kappa shape index (κ3) is 3.42. The summed E-state index contributed by atoms with van der Waals surface area (Å²) in [5, 5.41) is 11.3. The molecule has 2 atom stereocenters. The van der Waals surface area contributed by atoms with Gasteiger partial charge in [-0.2, -0.15) is 12.7 Å². The molecule has 1 fully saturated rings. The predicted octanol–water partition coefficient (Wildman–Crippen LogP) is 2.26. The number of benzene rings is 1. The molecule has 1 aromatic rings. The van der Waals surface area contributed by atoms with Crippen LogP contribution in [0.15, 0.2) is 24.3 Å². The van der Waals surface area contributed by atoms with Gasteiger partial charge in [-0.1, -0.05) is 26.0 Å². The van der Waals surface area contributed by atoms with Gasteiger partial charge in [-0.3, -0.25) is 14.7 Å². The molecule has 0 radical (unpaired) electrons. The van der Waals surface area contributed by atoms with E-state index in [4.69, 9.17) is 9.47 Å². The van der Waals surface area contributed by atoms with Gasteiger partial charge in [0.05, 0.1) is 10.5 Å². The van der Waals surface area contributed by atoms with Crippen LogP contribution in [0.2, 0.25) is 0 Å². The zero-order chi connectivity index (χ0) is 18.1. The number of nitro benzene ring substituents is 1. The van der Waals surface area contributed by atoms with Gasteiger partial charge in [0.25, 0.3) is 5.69 Å². The number of hydrogen-bond acceptors (Lipinski definition) is 6. The summed E-state index contributed by atoms with van der Waals surface area (Å²) in [6, 6.07) is 5.89. The summed E-state index contributed by atoms with van der Waals surface area (Å²) in [4.78, 5) is 10.7. The lowest BCUT2D eigenvalue weighted by atomic mass is 10.1. The number of nitro groups is 1. The lowest BCUT2D eigenvalue weighted by molar-refractivity contribution is -0.386. The van der Waals surface area contributed by atoms with Gasteiger partial charge in [0, 0.05) is 13.1 Å². The van der Waals surface area contributed by atoms with Crippen LogP contribution < -0.4 is 0 Å². The third-order valence-electron chi connectivity index (χ3n) is 4.18. The fraction of sp³-hybridized carbons (Fsp3) is 0.571. The summed E-state index contributed by atoms with van der Waals surface area (Å²) in [6.45, 7) is 3.60. The van der Waals surface area contributed by atoms with Crippen molar-refractivity contribution >= 4 is 16.0 Å². The number of rotatable bonds is 6. The van der Waals surface area contributed by atoms with Gasteiger partial charge in [0.1, 0.15) is 6.10 Å². The number of para-hydroxylation sites is 1. The maximum absolute atomic E-state index is 11.5. The standard InChI is InChI=1S/C14H20N2O7S/c1-4-14(5-2)22-12(13(23-14)15(3)24(19,20)21)10-8-6-7-9-11(10)16(17)18/h6-9,12-13H,4-5H2,1-3H3,(H,19,20,21). The fourth-order valence-electron chi connectivity index (χ4n) is 2.69. The molecular weight excluding hydrogens is 340 g/mol. The summed E-state index contributed by atoms with van der Waals surface area (Å²) in [5.41, 5.74) is -0.0189. The van der Waals surface area contributed by atoms with Crippen LogP contribution >= 0.6 is 0 Å². The Balaban J connectivity index is 2.54. The lowest BCUT2D eigenvalue weighted by Gasteiger charge is -2.26. The highest BCUT2D eigenvalue weighted by Crippen LogP contribution is 2.45. The first-order valence-corrected chi connectivity index (χ1v) is 8.84. The maximum Gasteiger partial charge on any atom is 0.337 e. The van der Waals surface area contributed by atoms with E-state index in [2.05, 4.69) is 0 Å². The molecular formula is C14H20N2O7S. The minimum Gasteiger partial charge on any atom is -0.337 e. The van der Waals surface area contributed by atoms with Gasteiger partial charge in [-0.05, 0) is 18.9 Å². The topological polar surface area (TPSA) is 119 Å². The van der Waals surface area contributed by atoms with E-state index in [0.717, 1.165) is 7.05 Å². The molecule has 1 heterocycles. The number of hydrogen-bond donors (Lipinski definition) is 1. The van der Waals surface area contributed by atoms with Crippen LogP contribution in [0.25, 0.3) is 0 Å². The van der Waals surface area contributed by atoms with E-state index in [1.165, 1.54) is 18.2 Å². The molecule has 0 bridgehead atoms. The summed E-state index contributed by atoms with van der Waals surface area (Å²) < 4.78 is 44.7. The molecule has 9 nitrogen and oxygen atoms in total. The Morgan fingerprint density at radius 2 is 1.88 bits per heavy atom. The Morgan fingerprint density at radius 3 is 2.38 bits per heavy atom. The smallest absolute Gasteiger partial charge is 0.337 e. The molecule has 0 spiro atoms. The van der Waals surface area contributed by atoms with E-state index < -0.39 is 33.3 Å². The van der Waals surface area contributed by atoms with Crippen molar-refractivity contribution in [2.45, 2.75) is 44.8 Å². The van der Waals surface area contributed by atoms with Gasteiger partial charge in [0.15, 0.2) is 12.0 Å². The minimum atomic E-state index is -4.57. The molecule has 0 aliphatic carbocycles. The summed E-state index contributed by atoms with van der Waals surface area (Å²) >= 11 is 0. The van der Waals surface area contributed by atoms with Gasteiger partial charge < -0.3 is 9.47 Å². The Bertz CT molecular complexity index is 718. The van der Waals surface area contributed by atoms with Crippen LogP contribution in [0.1, 0.15) is 38.4 Å². The molecule has 10 heteroatoms. The highest BCUT2D eigenvalue weighted by molar-refractivity contribution is 7.83. The van der Waals surface area contributed by atoms with Gasteiger partial charge in [-0.15, -0.1) is 0 Å². The van der Waals surface area contributed by atoms with Crippen LogP contribution in [0.5, 0.6) is 0 Å². The molecule has 1 saturated heterocycles. The van der Waals surface area contributed by atoms with Crippen molar-refractivity contribution in [3.63, 3.8) is 0 Å². The van der Waals surface area contributed by atoms with E-state index in [-0.39, 0.29) is 11.3 Å². The second kappa shape index (κ2) is 6.73. The first-order chi connectivity index (χ1) is 11.1. The number of nitrogens with zero attached hydrogens (tertiary/aromatic N) is 2. The van der Waals surface area contributed by atoms with Crippen molar-refractivity contribution in [1.82, 2.24) is 4.31 Å². The van der Waals surface area contributed by atoms with E-state index in [1.54, 1.807) is 19.9 Å². The molecule has 2 unspecified atom stereocenters. The lowest BCUT2D eigenvalue weighted by Crippen LogP contribution is -2.41. The normalized spacial score (nSPS) is 23.5. The summed E-state index contributed by atoms with van der Waals surface area (Å²) in [5.74, 6) is -1.09. The second-order valence-corrected chi connectivity index (χ2v) is 6.95. The maximum atomic E-state index is 11.5. The Kier molecular flexibility index (Phi) is 5.25. The zero-order valence-electron chi connectivity index (χ0n) is 13.6. The van der Waals surface area contributed by atoms with Crippen LogP contribution in [-0.4, -0.2) is 41.3 Å². The zero-order valence-corrected chi connectivity index (χ0v) is 14.4. The quantitative estimate of drug-likeness (QED) is 0.469. The predicted molar refractivity (Wildman–Crippen MR) is 84.4 cm³/mol. The summed E-state index contributed by atoms with van der Waals surface area (Å²) in [6.07, 6.45) is -1.44. The first kappa shape index (κ1) is 18.7. The molecule has 1 aromatic carbocycles. The first-order valence-electron chi connectivity index (χ1n) is 7.44. The van der Waals surface area contributed by atoms with E-state index >= 15 is 0 Å². The Hall–Kier alpha value is -1.59. The highest BCUT2D eigenvalue weighted by Gasteiger charge is 2.51. The number of likely N-dealkylation sites (N-methyl/N-ethyl adjacent to an activating group) is 1. The molecule has 1 N–H and O–H groups in total. The molecule has 0 saturated carbocycles. The molecule has 2 rings (SSSR count). The highest BCUT2D eigenvalue weighted by atomic mass is 32.2. The largest absolute Gasteiger partial charge is 0.337 e. The van der Waals surface area contributed by atoms with E-state index in [9.17, 15) is 23.1 Å². The van der Waals surface area contributed by atoms with Gasteiger partial charge >= 0.3 is 10.3 Å². The van der Waals surface area contributed by atoms with Gasteiger partial charge in [0.2, 0.25) is 0 Å². The SMILES string of the molecule is CCC1(CC)OC(c2ccccc2[N+](=O)[O-])C(N(C)S(=O)(=O)O)O1. The molecule has 1 aliphatic heterocycles. The van der Waals surface area contributed by atoms with Crippen LogP contribution in [0.4, 0.5) is 5.69 Å². The average molecular weight is 360 g/mol. The van der Waals surface area contributed by atoms with Crippen molar-refractivity contribution in [3.05, 3.63) is 39.9 Å². The minimum absolute atomic E-state index is 0.187. The Labute approximate surface area is 140 Å². The van der Waals surface area contributed by atoms with Crippen molar-refractivity contribution < 1.29 is 27.4 Å². The Morgan fingerprint density at radius 1 is 1.29 bits per heavy atom. The summed E-state index contributed by atoms with van der Waals surface area (Å²) in [7, 11) is -3.44. The van der Waals surface area contributed by atoms with Crippen molar-refractivity contribution in [2.75, 3.05) is 7.05 Å². The van der Waals surface area contributed by atoms with Crippen molar-refractivity contribution in [3.8, 4) is 0 Å². The molecule has 24 heavy (non-hydrogen) atoms. The van der Waals surface area contributed by atoms with E-state index in [1.807, 2.05) is 0 Å². The second-order valence-electron chi connectivity index (χ2n) is 5.47. The van der Waals surface area contributed by atoms with Crippen molar-refractivity contribution in [2.24, 2.45) is 0 Å². The van der Waals surface area contributed by atoms with Gasteiger partial charge in [-0.25, -0.2) is 0 Å². The average Bonchev–Trinajstić information content (AvgIpc) is 2.93. The fourth-order valence-corrected chi connectivity index (χ4v) is 3.11. The molecule has 0 amide bonds.